The summed E-state index contributed by atoms with van der Waals surface area (Å²) in [7, 11) is 0. The molecular weight excluding hydrogens is 416 g/mol. The van der Waals surface area contributed by atoms with Gasteiger partial charge in [-0.2, -0.15) is 0 Å². The molecule has 0 fully saturated rings. The molecule has 3 rings (SSSR count). The van der Waals surface area contributed by atoms with E-state index in [0.29, 0.717) is 16.2 Å². The Morgan fingerprint density at radius 2 is 1.90 bits per heavy atom. The summed E-state index contributed by atoms with van der Waals surface area (Å²) in [5.74, 6) is -0.891. The first-order chi connectivity index (χ1) is 14.7. The lowest BCUT2D eigenvalue weighted by Gasteiger charge is -2.09. The molecule has 8 heteroatoms. The van der Waals surface area contributed by atoms with E-state index in [2.05, 4.69) is 27.5 Å². The number of aromatic amines is 1. The van der Waals surface area contributed by atoms with Gasteiger partial charge in [-0.25, -0.2) is 0 Å². The number of halogens is 1. The van der Waals surface area contributed by atoms with E-state index in [0.717, 1.165) is 22.9 Å². The zero-order valence-electron chi connectivity index (χ0n) is 17.7. The first-order valence-electron chi connectivity index (χ1n) is 9.75. The van der Waals surface area contributed by atoms with Gasteiger partial charge in [0.1, 0.15) is 11.4 Å². The summed E-state index contributed by atoms with van der Waals surface area (Å²) in [4.78, 5) is 27.1. The fraction of sp³-hybridized carbons (Fsp3) is 0.217. The summed E-state index contributed by atoms with van der Waals surface area (Å²) in [5.41, 5.74) is 3.92. The maximum absolute atomic E-state index is 12.7. The first kappa shape index (κ1) is 22.2. The molecule has 0 saturated carbocycles. The molecule has 160 valence electrons. The van der Waals surface area contributed by atoms with Gasteiger partial charge < -0.3 is 15.4 Å². The monoisotopic (exact) mass is 438 g/mol. The van der Waals surface area contributed by atoms with Crippen LogP contribution in [0.3, 0.4) is 0 Å². The second-order valence-electron chi connectivity index (χ2n) is 7.25. The molecule has 1 amide bonds. The van der Waals surface area contributed by atoms with Crippen molar-refractivity contribution in [2.24, 2.45) is 10.2 Å². The number of azo groups is 1. The van der Waals surface area contributed by atoms with E-state index in [1.807, 2.05) is 26.0 Å². The van der Waals surface area contributed by atoms with Gasteiger partial charge in [0.25, 0.3) is 5.91 Å². The molecular formula is C23H23ClN4O3. The molecule has 0 aliphatic carbocycles. The molecule has 3 N–H and O–H groups in total. The van der Waals surface area contributed by atoms with Crippen molar-refractivity contribution in [1.29, 1.82) is 0 Å². The third-order valence-electron chi connectivity index (χ3n) is 4.91. The van der Waals surface area contributed by atoms with E-state index in [1.54, 1.807) is 18.2 Å². The number of aromatic nitrogens is 1. The molecule has 0 bridgehead atoms. The second kappa shape index (κ2) is 9.14. The Balaban J connectivity index is 1.90. The van der Waals surface area contributed by atoms with Crippen LogP contribution in [0.25, 0.3) is 10.9 Å². The first-order valence-corrected chi connectivity index (χ1v) is 10.1. The second-order valence-corrected chi connectivity index (χ2v) is 7.66. The van der Waals surface area contributed by atoms with Gasteiger partial charge in [-0.1, -0.05) is 24.6 Å². The Kier molecular flexibility index (Phi) is 6.56. The Labute approximate surface area is 184 Å². The fourth-order valence-electron chi connectivity index (χ4n) is 3.26. The van der Waals surface area contributed by atoms with Gasteiger partial charge >= 0.3 is 0 Å². The van der Waals surface area contributed by atoms with E-state index in [9.17, 15) is 14.7 Å². The van der Waals surface area contributed by atoms with E-state index >= 15 is 0 Å². The molecule has 0 atom stereocenters. The number of nitrogens with zero attached hydrogens (tertiary/aromatic N) is 2. The van der Waals surface area contributed by atoms with Crippen LogP contribution >= 0.6 is 11.6 Å². The topological polar surface area (TPSA) is 107 Å². The highest BCUT2D eigenvalue weighted by Crippen LogP contribution is 2.31. The number of rotatable bonds is 5. The summed E-state index contributed by atoms with van der Waals surface area (Å²) in [6, 6.07) is 10.3. The number of allylic oxidation sites excluding steroid dienone is 1. The van der Waals surface area contributed by atoms with Crippen molar-refractivity contribution in [3.8, 4) is 0 Å². The molecule has 0 radical (unpaired) electrons. The normalized spacial score (nSPS) is 12.3. The molecule has 0 aliphatic rings. The number of hydrogen-bond acceptors (Lipinski definition) is 5. The Bertz CT molecular complexity index is 1290. The predicted molar refractivity (Wildman–Crippen MR) is 123 cm³/mol. The molecule has 2 aromatic carbocycles. The van der Waals surface area contributed by atoms with Gasteiger partial charge in [-0.3, -0.25) is 9.59 Å². The van der Waals surface area contributed by atoms with Gasteiger partial charge in [-0.15, -0.1) is 10.2 Å². The maximum atomic E-state index is 12.7. The van der Waals surface area contributed by atoms with Crippen LogP contribution in [0.1, 0.15) is 30.5 Å². The maximum Gasteiger partial charge on any atom is 0.279 e. The van der Waals surface area contributed by atoms with E-state index < -0.39 is 5.91 Å². The predicted octanol–water partition coefficient (Wildman–Crippen LogP) is 5.87. The van der Waals surface area contributed by atoms with Crippen LogP contribution in [0.15, 0.2) is 62.9 Å². The van der Waals surface area contributed by atoms with Gasteiger partial charge in [0.15, 0.2) is 5.70 Å². The molecule has 3 aromatic rings. The lowest BCUT2D eigenvalue weighted by Crippen LogP contribution is -2.14. The highest BCUT2D eigenvalue weighted by Gasteiger charge is 2.15. The Hall–Kier alpha value is -3.45. The zero-order chi connectivity index (χ0) is 22.7. The zero-order valence-corrected chi connectivity index (χ0v) is 18.5. The fourth-order valence-corrected chi connectivity index (χ4v) is 3.46. The number of H-pyrrole nitrogens is 1. The number of nitrogens with one attached hydrogen (secondary N) is 2. The van der Waals surface area contributed by atoms with Crippen LogP contribution in [-0.4, -0.2) is 16.0 Å². The number of anilines is 1. The smallest absolute Gasteiger partial charge is 0.279 e. The summed E-state index contributed by atoms with van der Waals surface area (Å²) < 4.78 is 0. The SMILES string of the molecule is CCc1ccc(NC(=O)/C(N=Nc2cc3[nH]c(=O)cc(C)c3cc2Cl)=C(\C)O)cc1C. The largest absolute Gasteiger partial charge is 0.510 e. The minimum atomic E-state index is -0.603. The van der Waals surface area contributed by atoms with Crippen LogP contribution in [0.2, 0.25) is 5.02 Å². The third kappa shape index (κ3) is 5.00. The summed E-state index contributed by atoms with van der Waals surface area (Å²) >= 11 is 6.31. The van der Waals surface area contributed by atoms with E-state index in [4.69, 9.17) is 11.6 Å². The molecule has 0 unspecified atom stereocenters. The minimum Gasteiger partial charge on any atom is -0.510 e. The van der Waals surface area contributed by atoms with Crippen molar-refractivity contribution >= 4 is 39.8 Å². The summed E-state index contributed by atoms with van der Waals surface area (Å²) in [6.45, 7) is 7.19. The molecule has 7 nitrogen and oxygen atoms in total. The number of carbonyl (C=O) groups is 1. The molecule has 0 spiro atoms. The number of carbonyl (C=O) groups excluding carboxylic acids is 1. The van der Waals surface area contributed by atoms with Gasteiger partial charge in [0.05, 0.1) is 10.5 Å². The van der Waals surface area contributed by atoms with Gasteiger partial charge in [0.2, 0.25) is 5.56 Å². The lowest BCUT2D eigenvalue weighted by molar-refractivity contribution is -0.113. The number of aliphatic hydroxyl groups excluding tert-OH is 1. The summed E-state index contributed by atoms with van der Waals surface area (Å²) in [6.07, 6.45) is 0.895. The van der Waals surface area contributed by atoms with Gasteiger partial charge in [-0.05, 0) is 68.1 Å². The quantitative estimate of drug-likeness (QED) is 0.263. The average Bonchev–Trinajstić information content (AvgIpc) is 2.69. The van der Waals surface area contributed by atoms with Crippen LogP contribution in [0.4, 0.5) is 11.4 Å². The van der Waals surface area contributed by atoms with Crippen LogP contribution < -0.4 is 10.9 Å². The van der Waals surface area contributed by atoms with Crippen LogP contribution in [-0.2, 0) is 11.2 Å². The average molecular weight is 439 g/mol. The van der Waals surface area contributed by atoms with E-state index in [1.165, 1.54) is 18.6 Å². The van der Waals surface area contributed by atoms with Crippen molar-refractivity contribution < 1.29 is 9.90 Å². The number of aliphatic hydroxyl groups is 1. The van der Waals surface area contributed by atoms with Crippen LogP contribution in [0.5, 0.6) is 0 Å². The lowest BCUT2D eigenvalue weighted by atomic mass is 10.1. The van der Waals surface area contributed by atoms with Crippen molar-refractivity contribution in [3.05, 3.63) is 79.9 Å². The number of fused-ring (bicyclic) bond motifs is 1. The molecule has 0 saturated heterocycles. The third-order valence-corrected chi connectivity index (χ3v) is 5.22. The number of pyridine rings is 1. The molecule has 0 aliphatic heterocycles. The number of hydrogen-bond donors (Lipinski definition) is 3. The minimum absolute atomic E-state index is 0.244. The van der Waals surface area contributed by atoms with Gasteiger partial charge in [0, 0.05) is 17.1 Å². The van der Waals surface area contributed by atoms with E-state index in [-0.39, 0.29) is 22.7 Å². The Morgan fingerprint density at radius 1 is 1.16 bits per heavy atom. The number of amides is 1. The Morgan fingerprint density at radius 3 is 2.55 bits per heavy atom. The molecule has 31 heavy (non-hydrogen) atoms. The highest BCUT2D eigenvalue weighted by molar-refractivity contribution is 6.33. The van der Waals surface area contributed by atoms with Crippen molar-refractivity contribution in [2.75, 3.05) is 5.32 Å². The van der Waals surface area contributed by atoms with Crippen molar-refractivity contribution in [2.45, 2.75) is 34.1 Å². The van der Waals surface area contributed by atoms with Crippen molar-refractivity contribution in [3.63, 3.8) is 0 Å². The standard InChI is InChI=1S/C23H23ClN4O3/c1-5-15-6-7-16(8-12(15)2)25-23(31)22(14(4)29)28-27-20-11-19-17(10-18(20)24)13(3)9-21(30)26-19/h6-11,29H,5H2,1-4H3,(H,25,31)(H,26,30)/b22-14-,28-27?. The number of aryl methyl sites for hydroxylation is 3. The number of benzene rings is 2. The molecule has 1 heterocycles. The summed E-state index contributed by atoms with van der Waals surface area (Å²) in [5, 5.41) is 21.7. The van der Waals surface area contributed by atoms with Crippen LogP contribution in [0, 0.1) is 13.8 Å². The highest BCUT2D eigenvalue weighted by atomic mass is 35.5. The molecule has 1 aromatic heterocycles. The van der Waals surface area contributed by atoms with Crippen molar-refractivity contribution in [1.82, 2.24) is 4.98 Å².